The summed E-state index contributed by atoms with van der Waals surface area (Å²) in [5.74, 6) is 1.03. The van der Waals surface area contributed by atoms with Crippen molar-refractivity contribution in [3.05, 3.63) is 42.2 Å². The Balaban J connectivity index is 1.46. The van der Waals surface area contributed by atoms with Crippen LogP contribution in [0, 0.1) is 0 Å². The minimum Gasteiger partial charge on any atom is -0.356 e. The molecule has 4 rings (SSSR count). The minimum atomic E-state index is -3.63. The Hall–Kier alpha value is -2.50. The maximum Gasteiger partial charge on any atom is 0.321 e. The normalized spacial score (nSPS) is 17.5. The standard InChI is InChI=1S/C20H25N5O4S2/c26-19(18-13-15(14-21-18)31(28,29)25-9-11-30-12-10-25)22-16-5-1-2-6-17(16)23-20(27)24-7-3-4-8-24/h1-2,5-6,13-14,21H,3-4,7-12H2,(H,22,26)(H,23,27). The maximum absolute atomic E-state index is 12.8. The summed E-state index contributed by atoms with van der Waals surface area (Å²) in [7, 11) is -3.63. The van der Waals surface area contributed by atoms with E-state index in [1.54, 1.807) is 40.9 Å². The summed E-state index contributed by atoms with van der Waals surface area (Å²) in [6.07, 6.45) is 3.31. The first-order valence-electron chi connectivity index (χ1n) is 10.2. The Morgan fingerprint density at radius 2 is 1.61 bits per heavy atom. The van der Waals surface area contributed by atoms with Crippen LogP contribution in [0.15, 0.2) is 41.4 Å². The van der Waals surface area contributed by atoms with Gasteiger partial charge in [-0.05, 0) is 31.0 Å². The molecule has 0 atom stereocenters. The van der Waals surface area contributed by atoms with E-state index in [0.717, 1.165) is 37.4 Å². The summed E-state index contributed by atoms with van der Waals surface area (Å²) in [5, 5.41) is 5.59. The lowest BCUT2D eigenvalue weighted by molar-refractivity contribution is 0.102. The molecule has 0 spiro atoms. The molecule has 2 saturated heterocycles. The van der Waals surface area contributed by atoms with Gasteiger partial charge in [-0.25, -0.2) is 13.2 Å². The van der Waals surface area contributed by atoms with E-state index < -0.39 is 15.9 Å². The second-order valence-electron chi connectivity index (χ2n) is 7.39. The van der Waals surface area contributed by atoms with Gasteiger partial charge in [-0.15, -0.1) is 0 Å². The monoisotopic (exact) mass is 463 g/mol. The molecule has 1 aromatic carbocycles. The highest BCUT2D eigenvalue weighted by Crippen LogP contribution is 2.24. The molecule has 3 heterocycles. The van der Waals surface area contributed by atoms with Gasteiger partial charge < -0.3 is 20.5 Å². The number of sulfonamides is 1. The van der Waals surface area contributed by atoms with E-state index in [4.69, 9.17) is 0 Å². The predicted octanol–water partition coefficient (Wildman–Crippen LogP) is 2.63. The van der Waals surface area contributed by atoms with Crippen LogP contribution in [-0.2, 0) is 10.0 Å². The van der Waals surface area contributed by atoms with Crippen molar-refractivity contribution in [2.24, 2.45) is 0 Å². The van der Waals surface area contributed by atoms with E-state index >= 15 is 0 Å². The van der Waals surface area contributed by atoms with Crippen LogP contribution in [0.4, 0.5) is 16.2 Å². The highest BCUT2D eigenvalue weighted by atomic mass is 32.2. The molecule has 2 aliphatic rings. The third-order valence-corrected chi connectivity index (χ3v) is 8.14. The summed E-state index contributed by atoms with van der Waals surface area (Å²) in [6, 6.07) is 8.06. The number of thioether (sulfide) groups is 1. The van der Waals surface area contributed by atoms with E-state index in [2.05, 4.69) is 15.6 Å². The lowest BCUT2D eigenvalue weighted by Crippen LogP contribution is -2.37. The minimum absolute atomic E-state index is 0.0696. The van der Waals surface area contributed by atoms with Crippen molar-refractivity contribution in [2.75, 3.05) is 48.3 Å². The quantitative estimate of drug-likeness (QED) is 0.631. The number of H-pyrrole nitrogens is 1. The number of amides is 3. The number of nitrogens with one attached hydrogen (secondary N) is 3. The number of benzene rings is 1. The number of carbonyl (C=O) groups excluding carboxylic acids is 2. The van der Waals surface area contributed by atoms with E-state index in [1.807, 2.05) is 0 Å². The van der Waals surface area contributed by atoms with Crippen molar-refractivity contribution < 1.29 is 18.0 Å². The highest BCUT2D eigenvalue weighted by molar-refractivity contribution is 7.99. The van der Waals surface area contributed by atoms with E-state index in [1.165, 1.54) is 16.6 Å². The number of aromatic nitrogens is 1. The summed E-state index contributed by atoms with van der Waals surface area (Å²) in [5.41, 5.74) is 1.05. The van der Waals surface area contributed by atoms with Crippen molar-refractivity contribution in [3.63, 3.8) is 0 Å². The number of anilines is 2. The number of urea groups is 1. The van der Waals surface area contributed by atoms with Gasteiger partial charge in [0.05, 0.1) is 11.4 Å². The summed E-state index contributed by atoms with van der Waals surface area (Å²) in [4.78, 5) is 29.7. The first-order chi connectivity index (χ1) is 14.9. The van der Waals surface area contributed by atoms with Crippen LogP contribution in [0.5, 0.6) is 0 Å². The zero-order valence-corrected chi connectivity index (χ0v) is 18.6. The zero-order chi connectivity index (χ0) is 21.8. The van der Waals surface area contributed by atoms with Gasteiger partial charge in [-0.2, -0.15) is 16.1 Å². The van der Waals surface area contributed by atoms with Gasteiger partial charge in [-0.1, -0.05) is 12.1 Å². The van der Waals surface area contributed by atoms with Crippen LogP contribution in [-0.4, -0.2) is 72.2 Å². The number of aromatic amines is 1. The second kappa shape index (κ2) is 9.33. The molecule has 0 radical (unpaired) electrons. The fraction of sp³-hybridized carbons (Fsp3) is 0.400. The number of hydrogen-bond acceptors (Lipinski definition) is 5. The van der Waals surface area contributed by atoms with Crippen LogP contribution in [0.1, 0.15) is 23.3 Å². The Morgan fingerprint density at radius 1 is 0.968 bits per heavy atom. The van der Waals surface area contributed by atoms with Crippen molar-refractivity contribution in [3.8, 4) is 0 Å². The predicted molar refractivity (Wildman–Crippen MR) is 121 cm³/mol. The topological polar surface area (TPSA) is 115 Å². The molecule has 0 bridgehead atoms. The molecule has 0 unspecified atom stereocenters. The third-order valence-electron chi connectivity index (χ3n) is 5.32. The van der Waals surface area contributed by atoms with E-state index in [9.17, 15) is 18.0 Å². The molecule has 31 heavy (non-hydrogen) atoms. The molecule has 3 N–H and O–H groups in total. The molecule has 11 heteroatoms. The van der Waals surface area contributed by atoms with E-state index in [0.29, 0.717) is 24.5 Å². The number of likely N-dealkylation sites (tertiary alicyclic amines) is 1. The first-order valence-corrected chi connectivity index (χ1v) is 12.8. The molecule has 2 aromatic rings. The number of rotatable bonds is 5. The van der Waals surface area contributed by atoms with Gasteiger partial charge in [0.15, 0.2) is 0 Å². The zero-order valence-electron chi connectivity index (χ0n) is 17.0. The average molecular weight is 464 g/mol. The highest BCUT2D eigenvalue weighted by Gasteiger charge is 2.28. The Kier molecular flexibility index (Phi) is 6.54. The SMILES string of the molecule is O=C(Nc1ccccc1NC(=O)N1CCCC1)c1cc(S(=O)(=O)N2CCSCC2)c[nH]1. The summed E-state index contributed by atoms with van der Waals surface area (Å²) < 4.78 is 27.0. The fourth-order valence-electron chi connectivity index (χ4n) is 3.60. The lowest BCUT2D eigenvalue weighted by atomic mass is 10.2. The number of nitrogens with zero attached hydrogens (tertiary/aromatic N) is 2. The molecule has 0 saturated carbocycles. The molecule has 1 aromatic heterocycles. The molecule has 2 fully saturated rings. The Bertz CT molecular complexity index is 1060. The van der Waals surface area contributed by atoms with Crippen molar-refractivity contribution in [1.29, 1.82) is 0 Å². The van der Waals surface area contributed by atoms with Crippen LogP contribution in [0.25, 0.3) is 0 Å². The van der Waals surface area contributed by atoms with Gasteiger partial charge in [-0.3, -0.25) is 4.79 Å². The van der Waals surface area contributed by atoms with Crippen LogP contribution in [0.3, 0.4) is 0 Å². The molecular weight excluding hydrogens is 438 g/mol. The second-order valence-corrected chi connectivity index (χ2v) is 10.6. The van der Waals surface area contributed by atoms with Gasteiger partial charge in [0, 0.05) is 43.9 Å². The molecule has 9 nitrogen and oxygen atoms in total. The van der Waals surface area contributed by atoms with Gasteiger partial charge in [0.1, 0.15) is 10.6 Å². The maximum atomic E-state index is 12.8. The van der Waals surface area contributed by atoms with Crippen molar-refractivity contribution >= 4 is 45.1 Å². The number of carbonyl (C=O) groups is 2. The van der Waals surface area contributed by atoms with Gasteiger partial charge in [0.2, 0.25) is 10.0 Å². The summed E-state index contributed by atoms with van der Waals surface area (Å²) in [6.45, 7) is 2.36. The number of para-hydroxylation sites is 2. The smallest absolute Gasteiger partial charge is 0.321 e. The van der Waals surface area contributed by atoms with Gasteiger partial charge >= 0.3 is 6.03 Å². The van der Waals surface area contributed by atoms with Crippen molar-refractivity contribution in [2.45, 2.75) is 17.7 Å². The molecular formula is C20H25N5O4S2. The summed E-state index contributed by atoms with van der Waals surface area (Å²) >= 11 is 1.72. The Labute approximate surface area is 185 Å². The van der Waals surface area contributed by atoms with Crippen LogP contribution < -0.4 is 10.6 Å². The third kappa shape index (κ3) is 4.89. The Morgan fingerprint density at radius 3 is 2.29 bits per heavy atom. The first kappa shape index (κ1) is 21.7. The van der Waals surface area contributed by atoms with E-state index in [-0.39, 0.29) is 16.6 Å². The van der Waals surface area contributed by atoms with Crippen LogP contribution >= 0.6 is 11.8 Å². The molecule has 3 amide bonds. The van der Waals surface area contributed by atoms with Crippen LogP contribution in [0.2, 0.25) is 0 Å². The fourth-order valence-corrected chi connectivity index (χ4v) is 6.17. The lowest BCUT2D eigenvalue weighted by Gasteiger charge is -2.24. The van der Waals surface area contributed by atoms with Crippen molar-refractivity contribution in [1.82, 2.24) is 14.2 Å². The van der Waals surface area contributed by atoms with Gasteiger partial charge in [0.25, 0.3) is 5.91 Å². The number of hydrogen-bond donors (Lipinski definition) is 3. The molecule has 2 aliphatic heterocycles. The average Bonchev–Trinajstić information content (AvgIpc) is 3.48. The largest absolute Gasteiger partial charge is 0.356 e. The molecule has 0 aliphatic carbocycles. The molecule has 166 valence electrons.